The van der Waals surface area contributed by atoms with Gasteiger partial charge in [-0.15, -0.1) is 0 Å². The van der Waals surface area contributed by atoms with Crippen LogP contribution in [0.4, 0.5) is 0 Å². The van der Waals surface area contributed by atoms with Crippen LogP contribution in [0.3, 0.4) is 0 Å². The van der Waals surface area contributed by atoms with Gasteiger partial charge in [0.25, 0.3) is 0 Å². The minimum absolute atomic E-state index is 0.110. The van der Waals surface area contributed by atoms with Gasteiger partial charge in [0.05, 0.1) is 12.1 Å². The zero-order valence-electron chi connectivity index (χ0n) is 16.8. The first-order valence-corrected chi connectivity index (χ1v) is 11.1. The molecule has 162 valence electrons. The van der Waals surface area contributed by atoms with E-state index in [1.165, 1.54) is 12.1 Å². The maximum atomic E-state index is 12.8. The molecule has 0 aliphatic carbocycles. The Labute approximate surface area is 176 Å². The standard InChI is InChI=1S/C20H32N4O4S/c1-29-11-9-15(13-25)23-20(28)18(12-14-5-7-16(26)8-6-14)24-19(27)17(22)4-2-3-10-21/h5-8,13,15,17-18,26H,2-4,9-12,21-22H2,1H3,(H,23,28)(H,24,27). The second-order valence-corrected chi connectivity index (χ2v) is 7.84. The SMILES string of the molecule is CSCCC(C=O)NC(=O)C(Cc1ccc(O)cc1)NC(=O)C(N)CCCCN. The molecule has 1 aromatic rings. The number of nitrogens with one attached hydrogen (secondary N) is 2. The molecule has 0 saturated heterocycles. The molecule has 0 fully saturated rings. The molecule has 0 aromatic heterocycles. The van der Waals surface area contributed by atoms with Crippen LogP contribution < -0.4 is 22.1 Å². The lowest BCUT2D eigenvalue weighted by Gasteiger charge is -2.22. The molecule has 1 aromatic carbocycles. The Morgan fingerprint density at radius 1 is 1.14 bits per heavy atom. The number of amides is 2. The fourth-order valence-electron chi connectivity index (χ4n) is 2.70. The molecule has 29 heavy (non-hydrogen) atoms. The molecule has 0 saturated carbocycles. The van der Waals surface area contributed by atoms with Crippen LogP contribution in [0.15, 0.2) is 24.3 Å². The number of phenolic OH excluding ortho intramolecular Hbond substituents is 1. The number of carbonyl (C=O) groups is 3. The maximum Gasteiger partial charge on any atom is 0.243 e. The normalized spacial score (nSPS) is 13.9. The Hall–Kier alpha value is -2.10. The van der Waals surface area contributed by atoms with Gasteiger partial charge in [-0.1, -0.05) is 18.6 Å². The van der Waals surface area contributed by atoms with Crippen molar-refractivity contribution in [2.24, 2.45) is 11.5 Å². The van der Waals surface area contributed by atoms with Crippen LogP contribution in [0.25, 0.3) is 0 Å². The number of hydrogen-bond acceptors (Lipinski definition) is 7. The fraction of sp³-hybridized carbons (Fsp3) is 0.550. The number of thioether (sulfide) groups is 1. The number of benzene rings is 1. The number of phenols is 1. The first kappa shape index (κ1) is 24.9. The van der Waals surface area contributed by atoms with Crippen molar-refractivity contribution in [3.05, 3.63) is 29.8 Å². The Kier molecular flexibility index (Phi) is 12.0. The molecule has 0 spiro atoms. The van der Waals surface area contributed by atoms with Gasteiger partial charge in [0, 0.05) is 6.42 Å². The topological polar surface area (TPSA) is 148 Å². The fourth-order valence-corrected chi connectivity index (χ4v) is 3.19. The molecule has 2 amide bonds. The third-order valence-corrected chi connectivity index (χ3v) is 5.08. The van der Waals surface area contributed by atoms with E-state index in [1.54, 1.807) is 23.9 Å². The van der Waals surface area contributed by atoms with Crippen LogP contribution in [-0.4, -0.2) is 59.9 Å². The van der Waals surface area contributed by atoms with Crippen LogP contribution in [-0.2, 0) is 20.8 Å². The summed E-state index contributed by atoms with van der Waals surface area (Å²) in [6, 6.07) is 4.13. The van der Waals surface area contributed by atoms with Crippen molar-refractivity contribution in [1.82, 2.24) is 10.6 Å². The highest BCUT2D eigenvalue weighted by atomic mass is 32.2. The molecule has 0 radical (unpaired) electrons. The zero-order chi connectivity index (χ0) is 21.6. The van der Waals surface area contributed by atoms with Crippen molar-refractivity contribution in [3.63, 3.8) is 0 Å². The van der Waals surface area contributed by atoms with Crippen molar-refractivity contribution in [1.29, 1.82) is 0 Å². The lowest BCUT2D eigenvalue weighted by molar-refractivity contribution is -0.130. The maximum absolute atomic E-state index is 12.8. The van der Waals surface area contributed by atoms with E-state index in [4.69, 9.17) is 11.5 Å². The Bertz CT molecular complexity index is 642. The quantitative estimate of drug-likeness (QED) is 0.213. The van der Waals surface area contributed by atoms with E-state index in [9.17, 15) is 19.5 Å². The summed E-state index contributed by atoms with van der Waals surface area (Å²) < 4.78 is 0. The second-order valence-electron chi connectivity index (χ2n) is 6.86. The van der Waals surface area contributed by atoms with Gasteiger partial charge in [-0.3, -0.25) is 9.59 Å². The van der Waals surface area contributed by atoms with Crippen LogP contribution >= 0.6 is 11.8 Å². The van der Waals surface area contributed by atoms with E-state index in [0.29, 0.717) is 25.7 Å². The highest BCUT2D eigenvalue weighted by molar-refractivity contribution is 7.98. The van der Waals surface area contributed by atoms with E-state index in [-0.39, 0.29) is 12.2 Å². The van der Waals surface area contributed by atoms with E-state index in [2.05, 4.69) is 10.6 Å². The summed E-state index contributed by atoms with van der Waals surface area (Å²) in [7, 11) is 0. The van der Waals surface area contributed by atoms with Crippen molar-refractivity contribution >= 4 is 29.9 Å². The van der Waals surface area contributed by atoms with Crippen LogP contribution in [0.1, 0.15) is 31.2 Å². The molecule has 8 nitrogen and oxygen atoms in total. The van der Waals surface area contributed by atoms with E-state index in [0.717, 1.165) is 24.2 Å². The monoisotopic (exact) mass is 424 g/mol. The van der Waals surface area contributed by atoms with Crippen LogP contribution in [0.2, 0.25) is 0 Å². The molecule has 1 rings (SSSR count). The molecule has 7 N–H and O–H groups in total. The van der Waals surface area contributed by atoms with Gasteiger partial charge in [0.1, 0.15) is 18.1 Å². The predicted molar refractivity (Wildman–Crippen MR) is 116 cm³/mol. The lowest BCUT2D eigenvalue weighted by atomic mass is 10.0. The van der Waals surface area contributed by atoms with E-state index in [1.807, 2.05) is 6.26 Å². The average Bonchev–Trinajstić information content (AvgIpc) is 2.71. The third kappa shape index (κ3) is 9.78. The largest absolute Gasteiger partial charge is 0.508 e. The summed E-state index contributed by atoms with van der Waals surface area (Å²) in [4.78, 5) is 36.5. The van der Waals surface area contributed by atoms with E-state index >= 15 is 0 Å². The number of rotatable bonds is 14. The van der Waals surface area contributed by atoms with Crippen molar-refractivity contribution in [2.45, 2.75) is 50.2 Å². The van der Waals surface area contributed by atoms with Gasteiger partial charge in [-0.05, 0) is 55.5 Å². The third-order valence-electron chi connectivity index (χ3n) is 4.44. The molecule has 3 unspecified atom stereocenters. The minimum atomic E-state index is -0.885. The Morgan fingerprint density at radius 3 is 2.41 bits per heavy atom. The molecular weight excluding hydrogens is 392 g/mol. The number of unbranched alkanes of at least 4 members (excludes halogenated alkanes) is 1. The van der Waals surface area contributed by atoms with Gasteiger partial charge < -0.3 is 32.0 Å². The van der Waals surface area contributed by atoms with Gasteiger partial charge in [0.2, 0.25) is 11.8 Å². The number of aldehydes is 1. The molecule has 0 heterocycles. The molecule has 0 aliphatic heterocycles. The first-order chi connectivity index (χ1) is 13.9. The van der Waals surface area contributed by atoms with Gasteiger partial charge in [0.15, 0.2) is 0 Å². The van der Waals surface area contributed by atoms with Gasteiger partial charge in [-0.2, -0.15) is 11.8 Å². The zero-order valence-corrected chi connectivity index (χ0v) is 17.6. The molecule has 9 heteroatoms. The van der Waals surface area contributed by atoms with Crippen molar-refractivity contribution < 1.29 is 19.5 Å². The summed E-state index contributed by atoms with van der Waals surface area (Å²) >= 11 is 1.58. The van der Waals surface area contributed by atoms with Gasteiger partial charge >= 0.3 is 0 Å². The summed E-state index contributed by atoms with van der Waals surface area (Å²) in [5.41, 5.74) is 12.2. The molecule has 3 atom stereocenters. The predicted octanol–water partition coefficient (Wildman–Crippen LogP) is 0.313. The summed E-state index contributed by atoms with van der Waals surface area (Å²) in [5, 5.41) is 14.8. The van der Waals surface area contributed by atoms with Crippen LogP contribution in [0.5, 0.6) is 5.75 Å². The Morgan fingerprint density at radius 2 is 1.83 bits per heavy atom. The second kappa shape index (κ2) is 14.0. The number of carbonyl (C=O) groups excluding carboxylic acids is 3. The highest BCUT2D eigenvalue weighted by Crippen LogP contribution is 2.12. The lowest BCUT2D eigenvalue weighted by Crippen LogP contribution is -2.54. The summed E-state index contributed by atoms with van der Waals surface area (Å²) in [6.07, 6.45) is 5.31. The minimum Gasteiger partial charge on any atom is -0.508 e. The summed E-state index contributed by atoms with van der Waals surface area (Å²) in [5.74, 6) is -0.0321. The molecule has 0 aliphatic rings. The smallest absolute Gasteiger partial charge is 0.243 e. The highest BCUT2D eigenvalue weighted by Gasteiger charge is 2.25. The Balaban J connectivity index is 2.83. The van der Waals surface area contributed by atoms with Crippen molar-refractivity contribution in [3.8, 4) is 5.75 Å². The average molecular weight is 425 g/mol. The number of nitrogens with two attached hydrogens (primary N) is 2. The van der Waals surface area contributed by atoms with Crippen molar-refractivity contribution in [2.75, 3.05) is 18.6 Å². The van der Waals surface area contributed by atoms with Crippen LogP contribution in [0, 0.1) is 0 Å². The summed E-state index contributed by atoms with van der Waals surface area (Å²) in [6.45, 7) is 0.531. The molecule has 0 bridgehead atoms. The number of aromatic hydroxyl groups is 1. The van der Waals surface area contributed by atoms with Gasteiger partial charge in [-0.25, -0.2) is 0 Å². The molecular formula is C20H32N4O4S. The number of hydrogen-bond donors (Lipinski definition) is 5. The van der Waals surface area contributed by atoms with E-state index < -0.39 is 29.9 Å². The first-order valence-electron chi connectivity index (χ1n) is 9.69.